The second kappa shape index (κ2) is 5.66. The monoisotopic (exact) mass is 324 g/mol. The number of imidazole rings is 1. The van der Waals surface area contributed by atoms with Crippen molar-refractivity contribution in [1.29, 1.82) is 0 Å². The van der Waals surface area contributed by atoms with E-state index >= 15 is 0 Å². The van der Waals surface area contributed by atoms with Crippen molar-refractivity contribution in [2.45, 2.75) is 18.8 Å². The van der Waals surface area contributed by atoms with Gasteiger partial charge in [0, 0.05) is 17.0 Å². The molecule has 3 rings (SSSR count). The molecule has 21 heavy (non-hydrogen) atoms. The average molecular weight is 325 g/mol. The van der Waals surface area contributed by atoms with Crippen LogP contribution in [0.3, 0.4) is 0 Å². The van der Waals surface area contributed by atoms with Gasteiger partial charge in [0.25, 0.3) is 0 Å². The largest absolute Gasteiger partial charge is 0.494 e. The Balaban J connectivity index is 2.20. The zero-order chi connectivity index (χ0) is 15.0. The third-order valence-corrected chi connectivity index (χ3v) is 4.36. The van der Waals surface area contributed by atoms with Gasteiger partial charge in [-0.05, 0) is 18.4 Å². The molecule has 0 amide bonds. The molecule has 2 heterocycles. The number of nitrogens with zero attached hydrogens (tertiary/aromatic N) is 2. The maximum absolute atomic E-state index is 13.8. The van der Waals surface area contributed by atoms with Crippen molar-refractivity contribution >= 4 is 34.0 Å². The Morgan fingerprint density at radius 1 is 1.48 bits per heavy atom. The number of thiophene rings is 1. The lowest BCUT2D eigenvalue weighted by molar-refractivity contribution is 0.387. The van der Waals surface area contributed by atoms with Crippen molar-refractivity contribution in [3.05, 3.63) is 46.2 Å². The van der Waals surface area contributed by atoms with E-state index in [-0.39, 0.29) is 11.1 Å². The Hall–Kier alpha value is -1.59. The summed E-state index contributed by atoms with van der Waals surface area (Å²) in [6.07, 6.45) is 0. The van der Waals surface area contributed by atoms with Crippen molar-refractivity contribution in [2.24, 2.45) is 0 Å². The SMILES string of the molecule is COc1cc2c(cc1F)nc(C(C)Cl)n2Cc1cccs1. The summed E-state index contributed by atoms with van der Waals surface area (Å²) in [7, 11) is 1.45. The highest BCUT2D eigenvalue weighted by Crippen LogP contribution is 2.30. The van der Waals surface area contributed by atoms with E-state index < -0.39 is 5.82 Å². The van der Waals surface area contributed by atoms with Gasteiger partial charge in [-0.2, -0.15) is 0 Å². The van der Waals surface area contributed by atoms with E-state index in [4.69, 9.17) is 16.3 Å². The number of rotatable bonds is 4. The number of halogens is 2. The number of hydrogen-bond donors (Lipinski definition) is 0. The van der Waals surface area contributed by atoms with E-state index in [2.05, 4.69) is 11.1 Å². The van der Waals surface area contributed by atoms with Gasteiger partial charge in [-0.15, -0.1) is 22.9 Å². The standard InChI is InChI=1S/C15H14ClFN2OS/c1-9(16)15-18-12-6-11(17)14(20-2)7-13(12)19(15)8-10-4-3-5-21-10/h3-7,9H,8H2,1-2H3. The van der Waals surface area contributed by atoms with Crippen LogP contribution < -0.4 is 4.74 Å². The van der Waals surface area contributed by atoms with Crippen molar-refractivity contribution in [1.82, 2.24) is 9.55 Å². The minimum absolute atomic E-state index is 0.212. The summed E-state index contributed by atoms with van der Waals surface area (Å²) in [6, 6.07) is 7.12. The lowest BCUT2D eigenvalue weighted by atomic mass is 10.3. The minimum Gasteiger partial charge on any atom is -0.494 e. The number of methoxy groups -OCH3 is 1. The molecule has 3 nitrogen and oxygen atoms in total. The number of fused-ring (bicyclic) bond motifs is 1. The Morgan fingerprint density at radius 3 is 2.90 bits per heavy atom. The Morgan fingerprint density at radius 2 is 2.29 bits per heavy atom. The Kier molecular flexibility index (Phi) is 3.87. The number of benzene rings is 1. The first-order valence-corrected chi connectivity index (χ1v) is 7.82. The third kappa shape index (κ3) is 2.63. The summed E-state index contributed by atoms with van der Waals surface area (Å²) in [5, 5.41) is 1.77. The van der Waals surface area contributed by atoms with Gasteiger partial charge in [0.15, 0.2) is 11.6 Å². The first-order valence-electron chi connectivity index (χ1n) is 6.50. The predicted molar refractivity (Wildman–Crippen MR) is 83.9 cm³/mol. The second-order valence-corrected chi connectivity index (χ2v) is 6.41. The summed E-state index contributed by atoms with van der Waals surface area (Å²) >= 11 is 7.89. The summed E-state index contributed by atoms with van der Waals surface area (Å²) in [4.78, 5) is 5.66. The van der Waals surface area contributed by atoms with Gasteiger partial charge in [0.2, 0.25) is 0 Å². The number of hydrogen-bond acceptors (Lipinski definition) is 3. The smallest absolute Gasteiger partial charge is 0.167 e. The fourth-order valence-electron chi connectivity index (χ4n) is 2.33. The maximum atomic E-state index is 13.8. The van der Waals surface area contributed by atoms with Crippen molar-refractivity contribution in [3.8, 4) is 5.75 Å². The second-order valence-electron chi connectivity index (χ2n) is 4.73. The van der Waals surface area contributed by atoms with Crippen molar-refractivity contribution in [3.63, 3.8) is 0 Å². The molecule has 0 bridgehead atoms. The quantitative estimate of drug-likeness (QED) is 0.656. The highest BCUT2D eigenvalue weighted by molar-refractivity contribution is 7.09. The van der Waals surface area contributed by atoms with Crippen LogP contribution in [0.1, 0.15) is 23.0 Å². The molecule has 0 fully saturated rings. The molecular formula is C15H14ClFN2OS. The molecule has 0 N–H and O–H groups in total. The van der Waals surface area contributed by atoms with Crippen LogP contribution in [0.15, 0.2) is 29.6 Å². The van der Waals surface area contributed by atoms with Gasteiger partial charge >= 0.3 is 0 Å². The van der Waals surface area contributed by atoms with Crippen LogP contribution in [0.2, 0.25) is 0 Å². The fourth-order valence-corrected chi connectivity index (χ4v) is 3.19. The molecule has 0 aliphatic rings. The topological polar surface area (TPSA) is 27.1 Å². The molecule has 0 spiro atoms. The van der Waals surface area contributed by atoms with Crippen LogP contribution in [0, 0.1) is 5.82 Å². The maximum Gasteiger partial charge on any atom is 0.167 e. The summed E-state index contributed by atoms with van der Waals surface area (Å²) in [5.74, 6) is 0.524. The molecule has 1 unspecified atom stereocenters. The molecule has 0 saturated heterocycles. The zero-order valence-corrected chi connectivity index (χ0v) is 13.2. The molecule has 0 radical (unpaired) electrons. The molecule has 110 valence electrons. The number of ether oxygens (including phenoxy) is 1. The Bertz CT molecular complexity index is 768. The van der Waals surface area contributed by atoms with Crippen LogP contribution in [0.5, 0.6) is 5.75 Å². The molecule has 1 aromatic carbocycles. The van der Waals surface area contributed by atoms with Crippen LogP contribution in [-0.2, 0) is 6.54 Å². The normalized spacial score (nSPS) is 12.8. The molecular weight excluding hydrogens is 311 g/mol. The zero-order valence-electron chi connectivity index (χ0n) is 11.6. The number of alkyl halides is 1. The highest BCUT2D eigenvalue weighted by Gasteiger charge is 2.18. The Labute approximate surface area is 130 Å². The first-order chi connectivity index (χ1) is 10.1. The van der Waals surface area contributed by atoms with Crippen molar-refractivity contribution in [2.75, 3.05) is 7.11 Å². The molecule has 0 saturated carbocycles. The lowest BCUT2D eigenvalue weighted by Crippen LogP contribution is -2.04. The molecule has 2 aromatic heterocycles. The van der Waals surface area contributed by atoms with Gasteiger partial charge < -0.3 is 9.30 Å². The predicted octanol–water partition coefficient (Wildman–Crippen LogP) is 4.59. The van der Waals surface area contributed by atoms with Gasteiger partial charge in [0.1, 0.15) is 5.82 Å². The van der Waals surface area contributed by atoms with Gasteiger partial charge in [-0.25, -0.2) is 9.37 Å². The van der Waals surface area contributed by atoms with Crippen LogP contribution in [0.4, 0.5) is 4.39 Å². The number of aromatic nitrogens is 2. The van der Waals surface area contributed by atoms with E-state index in [0.717, 1.165) is 11.3 Å². The molecule has 1 atom stereocenters. The molecule has 0 aliphatic carbocycles. The van der Waals surface area contributed by atoms with Gasteiger partial charge in [-0.1, -0.05) is 6.07 Å². The average Bonchev–Trinajstić information content (AvgIpc) is 3.06. The minimum atomic E-state index is -0.417. The van der Waals surface area contributed by atoms with Crippen LogP contribution in [-0.4, -0.2) is 16.7 Å². The van der Waals surface area contributed by atoms with Crippen molar-refractivity contribution < 1.29 is 9.13 Å². The van der Waals surface area contributed by atoms with E-state index in [1.165, 1.54) is 18.1 Å². The molecule has 0 aliphatic heterocycles. The van der Waals surface area contributed by atoms with Gasteiger partial charge in [-0.3, -0.25) is 0 Å². The summed E-state index contributed by atoms with van der Waals surface area (Å²) in [5.41, 5.74) is 1.41. The van der Waals surface area contributed by atoms with Crippen LogP contribution >= 0.6 is 22.9 Å². The van der Waals surface area contributed by atoms with E-state index in [1.807, 2.05) is 22.9 Å². The van der Waals surface area contributed by atoms with Gasteiger partial charge in [0.05, 0.1) is 30.1 Å². The lowest BCUT2D eigenvalue weighted by Gasteiger charge is -2.10. The summed E-state index contributed by atoms with van der Waals surface area (Å²) < 4.78 is 20.9. The third-order valence-electron chi connectivity index (χ3n) is 3.30. The molecule has 3 aromatic rings. The first kappa shape index (κ1) is 14.4. The van der Waals surface area contributed by atoms with E-state index in [0.29, 0.717) is 12.1 Å². The van der Waals surface area contributed by atoms with E-state index in [9.17, 15) is 4.39 Å². The van der Waals surface area contributed by atoms with E-state index in [1.54, 1.807) is 17.4 Å². The molecule has 6 heteroatoms. The van der Waals surface area contributed by atoms with Crippen LogP contribution in [0.25, 0.3) is 11.0 Å². The highest BCUT2D eigenvalue weighted by atomic mass is 35.5. The summed E-state index contributed by atoms with van der Waals surface area (Å²) in [6.45, 7) is 2.52. The fraction of sp³-hybridized carbons (Fsp3) is 0.267.